The van der Waals surface area contributed by atoms with Crippen LogP contribution in [0.5, 0.6) is 17.2 Å². The fourth-order valence-electron chi connectivity index (χ4n) is 3.63. The normalized spacial score (nSPS) is 14.7. The van der Waals surface area contributed by atoms with Crippen LogP contribution in [0.4, 0.5) is 5.69 Å². The maximum absolute atomic E-state index is 14.8. The molecule has 0 aliphatic carbocycles. The van der Waals surface area contributed by atoms with E-state index in [1.807, 2.05) is 48.5 Å². The van der Waals surface area contributed by atoms with Crippen LogP contribution in [0.2, 0.25) is 10.0 Å². The number of hydrogen-bond acceptors (Lipinski definition) is 6. The minimum atomic E-state index is -3.97. The summed E-state index contributed by atoms with van der Waals surface area (Å²) in [7, 11) is -2.37. The third-order valence-electron chi connectivity index (χ3n) is 5.38. The van der Waals surface area contributed by atoms with E-state index in [4.69, 9.17) is 37.0 Å². The van der Waals surface area contributed by atoms with Crippen molar-refractivity contribution < 1.29 is 18.3 Å². The van der Waals surface area contributed by atoms with E-state index >= 15 is 0 Å². The highest BCUT2D eigenvalue weighted by atomic mass is 127. The van der Waals surface area contributed by atoms with Gasteiger partial charge in [0.15, 0.2) is 5.78 Å². The number of methoxy groups -OCH3 is 1. The first-order valence-corrected chi connectivity index (χ1v) is 15.0. The molecular formula is C26H19Cl2INO4PS. The van der Waals surface area contributed by atoms with Gasteiger partial charge >= 0.3 is 7.60 Å². The molecule has 1 heterocycles. The summed E-state index contributed by atoms with van der Waals surface area (Å²) in [5.41, 5.74) is 1.47. The zero-order chi connectivity index (χ0) is 25.3. The fourth-order valence-corrected chi connectivity index (χ4v) is 7.57. The zero-order valence-electron chi connectivity index (χ0n) is 18.8. The van der Waals surface area contributed by atoms with Gasteiger partial charge in [0.2, 0.25) is 0 Å². The van der Waals surface area contributed by atoms with Gasteiger partial charge in [-0.15, -0.1) is 0 Å². The molecule has 0 saturated carbocycles. The molecule has 4 aromatic rings. The van der Waals surface area contributed by atoms with E-state index in [2.05, 4.69) is 27.9 Å². The molecule has 1 N–H and O–H groups in total. The lowest BCUT2D eigenvalue weighted by atomic mass is 10.2. The van der Waals surface area contributed by atoms with Gasteiger partial charge in [-0.3, -0.25) is 0 Å². The van der Waals surface area contributed by atoms with Crippen molar-refractivity contribution in [1.82, 2.24) is 0 Å². The van der Waals surface area contributed by atoms with Crippen molar-refractivity contribution in [3.8, 4) is 17.2 Å². The molecular weight excluding hydrogens is 651 g/mol. The maximum Gasteiger partial charge on any atom is 0.457 e. The Labute approximate surface area is 237 Å². The predicted molar refractivity (Wildman–Crippen MR) is 154 cm³/mol. The van der Waals surface area contributed by atoms with E-state index in [1.54, 1.807) is 43.5 Å². The Balaban J connectivity index is 1.66. The number of halogens is 3. The summed E-state index contributed by atoms with van der Waals surface area (Å²) in [4.78, 5) is 1.41. The Hall–Kier alpha value is -2.03. The third-order valence-corrected chi connectivity index (χ3v) is 9.61. The lowest BCUT2D eigenvalue weighted by Gasteiger charge is -2.31. The molecule has 0 saturated heterocycles. The highest BCUT2D eigenvalue weighted by molar-refractivity contribution is 14.1. The molecule has 10 heteroatoms. The second kappa shape index (κ2) is 10.8. The topological polar surface area (TPSA) is 56.8 Å². The minimum Gasteiger partial charge on any atom is -0.497 e. The molecule has 0 amide bonds. The smallest absolute Gasteiger partial charge is 0.457 e. The van der Waals surface area contributed by atoms with Gasteiger partial charge in [0.05, 0.1) is 16.9 Å². The van der Waals surface area contributed by atoms with Crippen molar-refractivity contribution in [3.05, 3.63) is 104 Å². The molecule has 0 spiro atoms. The predicted octanol–water partition coefficient (Wildman–Crippen LogP) is 9.53. The van der Waals surface area contributed by atoms with Crippen molar-refractivity contribution in [3.63, 3.8) is 0 Å². The maximum atomic E-state index is 14.8. The van der Waals surface area contributed by atoms with Gasteiger partial charge in [0.25, 0.3) is 0 Å². The van der Waals surface area contributed by atoms with E-state index in [0.29, 0.717) is 42.6 Å². The van der Waals surface area contributed by atoms with Gasteiger partial charge in [0.1, 0.15) is 17.2 Å². The second-order valence-corrected chi connectivity index (χ2v) is 13.0. The van der Waals surface area contributed by atoms with Crippen LogP contribution in [0.1, 0.15) is 11.3 Å². The van der Waals surface area contributed by atoms with Crippen molar-refractivity contribution in [2.75, 3.05) is 12.4 Å². The van der Waals surface area contributed by atoms with Gasteiger partial charge in [0, 0.05) is 19.3 Å². The summed E-state index contributed by atoms with van der Waals surface area (Å²) in [6, 6.07) is 25.4. The average molecular weight is 670 g/mol. The molecule has 1 aliphatic heterocycles. The summed E-state index contributed by atoms with van der Waals surface area (Å²) < 4.78 is 33.7. The quantitative estimate of drug-likeness (QED) is 0.169. The average Bonchev–Trinajstić information content (AvgIpc) is 2.86. The van der Waals surface area contributed by atoms with Crippen LogP contribution in [0, 0.1) is 3.57 Å². The minimum absolute atomic E-state index is 0.404. The van der Waals surface area contributed by atoms with Crippen molar-refractivity contribution >= 4 is 70.8 Å². The first-order valence-electron chi connectivity index (χ1n) is 10.7. The van der Waals surface area contributed by atoms with Crippen LogP contribution < -0.4 is 19.1 Å². The van der Waals surface area contributed by atoms with Crippen LogP contribution in [0.25, 0.3) is 0 Å². The molecule has 1 unspecified atom stereocenters. The molecule has 1 atom stereocenters. The van der Waals surface area contributed by atoms with Gasteiger partial charge in [-0.25, -0.2) is 4.57 Å². The molecule has 4 aromatic carbocycles. The Kier molecular flexibility index (Phi) is 7.65. The molecule has 5 rings (SSSR count). The zero-order valence-corrected chi connectivity index (χ0v) is 24.2. The molecule has 0 radical (unpaired) electrons. The van der Waals surface area contributed by atoms with E-state index in [1.165, 1.54) is 11.8 Å². The van der Waals surface area contributed by atoms with Gasteiger partial charge in [-0.2, -0.15) is 0 Å². The van der Waals surface area contributed by atoms with Gasteiger partial charge in [-0.1, -0.05) is 47.1 Å². The van der Waals surface area contributed by atoms with E-state index < -0.39 is 13.4 Å². The molecule has 0 aromatic heterocycles. The van der Waals surface area contributed by atoms with Crippen molar-refractivity contribution in [2.24, 2.45) is 0 Å². The molecule has 5 nitrogen and oxygen atoms in total. The van der Waals surface area contributed by atoms with Crippen LogP contribution in [-0.4, -0.2) is 7.11 Å². The second-order valence-electron chi connectivity index (χ2n) is 7.83. The highest BCUT2D eigenvalue weighted by Crippen LogP contribution is 2.63. The van der Waals surface area contributed by atoms with Gasteiger partial charge in [-0.05, 0) is 101 Å². The first-order chi connectivity index (χ1) is 17.3. The number of fused-ring (bicyclic) bond motifs is 2. The van der Waals surface area contributed by atoms with Gasteiger partial charge < -0.3 is 19.1 Å². The summed E-state index contributed by atoms with van der Waals surface area (Å²) >= 11 is 16.2. The number of nitrogens with one attached hydrogen (secondary N) is 1. The monoisotopic (exact) mass is 669 g/mol. The lowest BCUT2D eigenvalue weighted by Crippen LogP contribution is -2.19. The number of hydrogen-bond donors (Lipinski definition) is 1. The summed E-state index contributed by atoms with van der Waals surface area (Å²) in [5, 5.41) is 4.46. The number of benzene rings is 4. The number of rotatable bonds is 5. The third kappa shape index (κ3) is 5.60. The van der Waals surface area contributed by atoms with Crippen LogP contribution >= 0.6 is 65.2 Å². The largest absolute Gasteiger partial charge is 0.497 e. The molecule has 0 fully saturated rings. The fraction of sp³-hybridized carbons (Fsp3) is 0.0769. The van der Waals surface area contributed by atoms with E-state index in [0.717, 1.165) is 9.26 Å². The summed E-state index contributed by atoms with van der Waals surface area (Å²) in [6.45, 7) is 0. The van der Waals surface area contributed by atoms with Crippen LogP contribution in [-0.2, 0) is 4.57 Å². The standard InChI is InChI=1S/C26H19Cl2INO4PS/c1-32-21-10-2-16(3-11-21)26(30-20-8-6-19(29)7-9-20)35(31)33-22-12-4-17(27)14-24(22)36-25-15-18(28)5-13-23(25)34-35/h2-15,26,30H,1H3. The Morgan fingerprint density at radius 2 is 1.42 bits per heavy atom. The van der Waals surface area contributed by atoms with Crippen LogP contribution in [0.15, 0.2) is 94.7 Å². The van der Waals surface area contributed by atoms with E-state index in [-0.39, 0.29) is 0 Å². The van der Waals surface area contributed by atoms with E-state index in [9.17, 15) is 4.57 Å². The summed E-state index contributed by atoms with van der Waals surface area (Å²) in [5.74, 6) is 0.641. The Morgan fingerprint density at radius 1 is 0.861 bits per heavy atom. The molecule has 36 heavy (non-hydrogen) atoms. The molecule has 1 aliphatic rings. The molecule has 184 valence electrons. The first kappa shape index (κ1) is 25.6. The number of anilines is 1. The van der Waals surface area contributed by atoms with Crippen LogP contribution in [0.3, 0.4) is 0 Å². The molecule has 0 bridgehead atoms. The highest BCUT2D eigenvalue weighted by Gasteiger charge is 2.43. The Bertz CT molecular complexity index is 1400. The van der Waals surface area contributed by atoms with Crippen molar-refractivity contribution in [2.45, 2.75) is 15.6 Å². The SMILES string of the molecule is COc1ccc(C(Nc2ccc(I)cc2)P2(=O)Oc3ccc(Cl)cc3Sc3cc(Cl)ccc3O2)cc1. The summed E-state index contributed by atoms with van der Waals surface area (Å²) in [6.07, 6.45) is 0. The number of ether oxygens (including phenoxy) is 1. The van der Waals surface area contributed by atoms with Crippen molar-refractivity contribution in [1.29, 1.82) is 0 Å². The lowest BCUT2D eigenvalue weighted by molar-refractivity contribution is 0.368. The Morgan fingerprint density at radius 3 is 1.94 bits per heavy atom.